The molecule has 0 atom stereocenters. The Balaban J connectivity index is 1.41. The lowest BCUT2D eigenvalue weighted by Crippen LogP contribution is -2.05. The predicted molar refractivity (Wildman–Crippen MR) is 107 cm³/mol. The van der Waals surface area contributed by atoms with E-state index in [0.717, 1.165) is 21.8 Å². The van der Waals surface area contributed by atoms with E-state index < -0.39 is 5.97 Å². The molecular formula is C21H18N2O3S. The van der Waals surface area contributed by atoms with Crippen molar-refractivity contribution in [2.45, 2.75) is 20.5 Å². The van der Waals surface area contributed by atoms with Gasteiger partial charge >= 0.3 is 5.97 Å². The Labute approximate surface area is 160 Å². The summed E-state index contributed by atoms with van der Waals surface area (Å²) in [5.74, 6) is -0.242. The van der Waals surface area contributed by atoms with E-state index in [1.807, 2.05) is 67.8 Å². The molecule has 4 aromatic rings. The van der Waals surface area contributed by atoms with Gasteiger partial charge in [0.2, 0.25) is 5.76 Å². The Kier molecular flexibility index (Phi) is 4.64. The fourth-order valence-electron chi connectivity index (χ4n) is 2.77. The SMILES string of the molecule is Cc1ccc(Nc2nc(COC(=O)c3oc4ccccc4c3C)cs2)cc1. The quantitative estimate of drug-likeness (QED) is 0.458. The van der Waals surface area contributed by atoms with E-state index in [9.17, 15) is 4.79 Å². The highest BCUT2D eigenvalue weighted by Gasteiger charge is 2.19. The molecule has 2 heterocycles. The second-order valence-corrected chi connectivity index (χ2v) is 7.12. The number of esters is 1. The number of aryl methyl sites for hydroxylation is 2. The number of aromatic nitrogens is 1. The van der Waals surface area contributed by atoms with Gasteiger partial charge in [0.25, 0.3) is 0 Å². The largest absolute Gasteiger partial charge is 0.453 e. The number of hydrogen-bond acceptors (Lipinski definition) is 6. The molecule has 0 amide bonds. The number of rotatable bonds is 5. The summed E-state index contributed by atoms with van der Waals surface area (Å²) in [5, 5.41) is 6.79. The predicted octanol–water partition coefficient (Wildman–Crippen LogP) is 5.61. The van der Waals surface area contributed by atoms with Crippen molar-refractivity contribution < 1.29 is 13.9 Å². The Bertz CT molecular complexity index is 1100. The van der Waals surface area contributed by atoms with E-state index in [1.165, 1.54) is 16.9 Å². The molecule has 0 fully saturated rings. The van der Waals surface area contributed by atoms with Crippen LogP contribution in [0.25, 0.3) is 11.0 Å². The average Bonchev–Trinajstić information content (AvgIpc) is 3.26. The maximum Gasteiger partial charge on any atom is 0.374 e. The number of anilines is 2. The third-order valence-electron chi connectivity index (χ3n) is 4.23. The summed E-state index contributed by atoms with van der Waals surface area (Å²) >= 11 is 1.47. The maximum atomic E-state index is 12.4. The molecule has 27 heavy (non-hydrogen) atoms. The Morgan fingerprint density at radius 1 is 1.15 bits per heavy atom. The number of para-hydroxylation sites is 1. The molecule has 0 aliphatic rings. The van der Waals surface area contributed by atoms with Gasteiger partial charge < -0.3 is 14.5 Å². The lowest BCUT2D eigenvalue weighted by molar-refractivity contribution is 0.0433. The first-order valence-electron chi connectivity index (χ1n) is 8.53. The smallest absolute Gasteiger partial charge is 0.374 e. The molecule has 1 N–H and O–H groups in total. The highest BCUT2D eigenvalue weighted by atomic mass is 32.1. The first-order chi connectivity index (χ1) is 13.1. The van der Waals surface area contributed by atoms with Gasteiger partial charge in [-0.3, -0.25) is 0 Å². The summed E-state index contributed by atoms with van der Waals surface area (Å²) in [6, 6.07) is 15.6. The zero-order valence-corrected chi connectivity index (χ0v) is 15.8. The van der Waals surface area contributed by atoms with Gasteiger partial charge in [-0.2, -0.15) is 0 Å². The summed E-state index contributed by atoms with van der Waals surface area (Å²) < 4.78 is 11.0. The molecule has 5 nitrogen and oxygen atoms in total. The van der Waals surface area contributed by atoms with E-state index in [0.29, 0.717) is 11.3 Å². The molecule has 2 aromatic carbocycles. The minimum absolute atomic E-state index is 0.0986. The number of nitrogens with one attached hydrogen (secondary N) is 1. The van der Waals surface area contributed by atoms with Crippen LogP contribution in [0.1, 0.15) is 27.4 Å². The van der Waals surface area contributed by atoms with Crippen LogP contribution in [0.4, 0.5) is 10.8 Å². The van der Waals surface area contributed by atoms with Gasteiger partial charge in [0.15, 0.2) is 5.13 Å². The molecule has 0 aliphatic carbocycles. The lowest BCUT2D eigenvalue weighted by atomic mass is 10.1. The zero-order chi connectivity index (χ0) is 18.8. The van der Waals surface area contributed by atoms with Crippen molar-refractivity contribution >= 4 is 39.1 Å². The van der Waals surface area contributed by atoms with Gasteiger partial charge in [-0.25, -0.2) is 9.78 Å². The zero-order valence-electron chi connectivity index (χ0n) is 15.0. The fraction of sp³-hybridized carbons (Fsp3) is 0.143. The highest BCUT2D eigenvalue weighted by molar-refractivity contribution is 7.13. The molecule has 2 aromatic heterocycles. The second kappa shape index (κ2) is 7.25. The van der Waals surface area contributed by atoms with Crippen molar-refractivity contribution in [3.63, 3.8) is 0 Å². The second-order valence-electron chi connectivity index (χ2n) is 6.26. The van der Waals surface area contributed by atoms with Gasteiger partial charge in [0, 0.05) is 22.0 Å². The van der Waals surface area contributed by atoms with E-state index >= 15 is 0 Å². The first kappa shape index (κ1) is 17.3. The van der Waals surface area contributed by atoms with Crippen molar-refractivity contribution in [2.24, 2.45) is 0 Å². The number of carbonyl (C=O) groups is 1. The van der Waals surface area contributed by atoms with Crippen LogP contribution in [0.5, 0.6) is 0 Å². The molecule has 0 bridgehead atoms. The van der Waals surface area contributed by atoms with Gasteiger partial charge in [-0.1, -0.05) is 35.9 Å². The van der Waals surface area contributed by atoms with E-state index in [-0.39, 0.29) is 12.4 Å². The van der Waals surface area contributed by atoms with Crippen LogP contribution in [-0.2, 0) is 11.3 Å². The van der Waals surface area contributed by atoms with Crippen LogP contribution in [0, 0.1) is 13.8 Å². The number of nitrogens with zero attached hydrogens (tertiary/aromatic N) is 1. The molecule has 0 radical (unpaired) electrons. The average molecular weight is 378 g/mol. The van der Waals surface area contributed by atoms with Crippen molar-refractivity contribution in [1.82, 2.24) is 4.98 Å². The molecule has 0 aliphatic heterocycles. The monoisotopic (exact) mass is 378 g/mol. The number of fused-ring (bicyclic) bond motifs is 1. The summed E-state index contributed by atoms with van der Waals surface area (Å²) in [6.45, 7) is 4.00. The van der Waals surface area contributed by atoms with Crippen molar-refractivity contribution in [3.8, 4) is 0 Å². The van der Waals surface area contributed by atoms with Gasteiger partial charge in [-0.15, -0.1) is 11.3 Å². The summed E-state index contributed by atoms with van der Waals surface area (Å²) in [6.07, 6.45) is 0. The minimum atomic E-state index is -0.482. The Hall–Kier alpha value is -3.12. The molecule has 0 unspecified atom stereocenters. The Morgan fingerprint density at radius 2 is 1.93 bits per heavy atom. The minimum Gasteiger partial charge on any atom is -0.453 e. The van der Waals surface area contributed by atoms with Crippen LogP contribution >= 0.6 is 11.3 Å². The first-order valence-corrected chi connectivity index (χ1v) is 9.41. The number of furan rings is 1. The lowest BCUT2D eigenvalue weighted by Gasteiger charge is -2.03. The normalized spacial score (nSPS) is 10.9. The summed E-state index contributed by atoms with van der Waals surface area (Å²) in [5.41, 5.74) is 4.33. The van der Waals surface area contributed by atoms with Gasteiger partial charge in [0.05, 0.1) is 5.69 Å². The topological polar surface area (TPSA) is 64.4 Å². The number of thiazole rings is 1. The molecule has 4 rings (SSSR count). The third-order valence-corrected chi connectivity index (χ3v) is 5.04. The standard InChI is InChI=1S/C21H18N2O3S/c1-13-7-9-15(10-8-13)22-21-23-16(12-27-21)11-25-20(24)19-14(2)17-5-3-4-6-18(17)26-19/h3-10,12H,11H2,1-2H3,(H,22,23). The molecule has 0 spiro atoms. The van der Waals surface area contributed by atoms with Crippen LogP contribution in [0.2, 0.25) is 0 Å². The van der Waals surface area contributed by atoms with Crippen LogP contribution < -0.4 is 5.32 Å². The molecule has 0 saturated heterocycles. The molecule has 6 heteroatoms. The highest BCUT2D eigenvalue weighted by Crippen LogP contribution is 2.26. The van der Waals surface area contributed by atoms with E-state index in [1.54, 1.807) is 0 Å². The van der Waals surface area contributed by atoms with Gasteiger partial charge in [0.1, 0.15) is 12.2 Å². The van der Waals surface area contributed by atoms with Crippen molar-refractivity contribution in [1.29, 1.82) is 0 Å². The van der Waals surface area contributed by atoms with Crippen molar-refractivity contribution in [2.75, 3.05) is 5.32 Å². The number of ether oxygens (including phenoxy) is 1. The summed E-state index contributed by atoms with van der Waals surface area (Å²) in [7, 11) is 0. The van der Waals surface area contributed by atoms with Gasteiger partial charge in [-0.05, 0) is 32.0 Å². The number of hydrogen-bond donors (Lipinski definition) is 1. The van der Waals surface area contributed by atoms with Crippen LogP contribution in [-0.4, -0.2) is 11.0 Å². The van der Waals surface area contributed by atoms with E-state index in [4.69, 9.17) is 9.15 Å². The maximum absolute atomic E-state index is 12.4. The number of carbonyl (C=O) groups excluding carboxylic acids is 1. The Morgan fingerprint density at radius 3 is 2.70 bits per heavy atom. The third kappa shape index (κ3) is 3.71. The number of benzene rings is 2. The molecule has 0 saturated carbocycles. The van der Waals surface area contributed by atoms with E-state index in [2.05, 4.69) is 10.3 Å². The summed E-state index contributed by atoms with van der Waals surface area (Å²) in [4.78, 5) is 16.8. The molecule has 136 valence electrons. The molecular weight excluding hydrogens is 360 g/mol. The van der Waals surface area contributed by atoms with Crippen molar-refractivity contribution in [3.05, 3.63) is 76.5 Å². The van der Waals surface area contributed by atoms with Crippen LogP contribution in [0.3, 0.4) is 0 Å². The van der Waals surface area contributed by atoms with Crippen LogP contribution in [0.15, 0.2) is 58.3 Å². The fourth-order valence-corrected chi connectivity index (χ4v) is 3.48.